The Balaban J connectivity index is 2.10. The number of nitrogens with zero attached hydrogens (tertiary/aromatic N) is 3. The van der Waals surface area contributed by atoms with Gasteiger partial charge in [0.2, 0.25) is 0 Å². The molecule has 0 aliphatic carbocycles. The minimum atomic E-state index is -0.536. The molecule has 0 aromatic carbocycles. The van der Waals surface area contributed by atoms with E-state index in [1.165, 1.54) is 0 Å². The highest BCUT2D eigenvalue weighted by atomic mass is 16.6. The number of hydrogen-bond acceptors (Lipinski definition) is 4. The molecule has 140 valence electrons. The number of aromatic nitrogens is 2. The summed E-state index contributed by atoms with van der Waals surface area (Å²) in [4.78, 5) is 26.5. The van der Waals surface area contributed by atoms with E-state index in [0.717, 1.165) is 30.5 Å². The van der Waals surface area contributed by atoms with Crippen LogP contribution < -0.4 is 5.32 Å². The largest absolute Gasteiger partial charge is 0.444 e. The molecule has 2 heterocycles. The van der Waals surface area contributed by atoms with E-state index in [1.807, 2.05) is 20.8 Å². The normalized spacial score (nSPS) is 14.2. The topological polar surface area (TPSA) is 76.5 Å². The van der Waals surface area contributed by atoms with Crippen molar-refractivity contribution in [3.8, 4) is 0 Å². The van der Waals surface area contributed by atoms with E-state index in [0.29, 0.717) is 31.7 Å². The van der Waals surface area contributed by atoms with Crippen molar-refractivity contribution in [1.29, 1.82) is 0 Å². The zero-order valence-electron chi connectivity index (χ0n) is 16.0. The third-order valence-electron chi connectivity index (χ3n) is 4.13. The van der Waals surface area contributed by atoms with Gasteiger partial charge in [-0.05, 0) is 27.2 Å². The number of nitrogens with one attached hydrogen (secondary N) is 1. The van der Waals surface area contributed by atoms with Crippen LogP contribution in [-0.4, -0.2) is 45.4 Å². The van der Waals surface area contributed by atoms with E-state index in [1.54, 1.807) is 16.6 Å². The van der Waals surface area contributed by atoms with Crippen molar-refractivity contribution >= 4 is 12.0 Å². The van der Waals surface area contributed by atoms with Gasteiger partial charge in [0.25, 0.3) is 5.91 Å². The fraction of sp³-hybridized carbons (Fsp3) is 0.722. The molecule has 1 aromatic rings. The number of hydrogen-bond donors (Lipinski definition) is 1. The van der Waals surface area contributed by atoms with Crippen LogP contribution in [0.4, 0.5) is 4.79 Å². The van der Waals surface area contributed by atoms with Crippen LogP contribution in [0.2, 0.25) is 0 Å². The Morgan fingerprint density at radius 2 is 2.00 bits per heavy atom. The number of fused-ring (bicyclic) bond motifs is 1. The minimum Gasteiger partial charge on any atom is -0.444 e. The third-order valence-corrected chi connectivity index (χ3v) is 4.13. The summed E-state index contributed by atoms with van der Waals surface area (Å²) in [7, 11) is 1.77. The Labute approximate surface area is 149 Å². The maximum Gasteiger partial charge on any atom is 0.410 e. The molecule has 2 rings (SSSR count). The third kappa shape index (κ3) is 4.96. The fourth-order valence-electron chi connectivity index (χ4n) is 2.93. The molecular weight excluding hydrogens is 320 g/mol. The summed E-state index contributed by atoms with van der Waals surface area (Å²) in [6.45, 7) is 9.23. The number of rotatable bonds is 5. The van der Waals surface area contributed by atoms with Gasteiger partial charge in [0.15, 0.2) is 0 Å². The van der Waals surface area contributed by atoms with Crippen molar-refractivity contribution in [2.45, 2.75) is 65.5 Å². The van der Waals surface area contributed by atoms with Crippen LogP contribution in [0.1, 0.15) is 68.7 Å². The lowest BCUT2D eigenvalue weighted by atomic mass is 10.1. The Bertz CT molecular complexity index is 631. The van der Waals surface area contributed by atoms with Crippen molar-refractivity contribution in [2.24, 2.45) is 7.05 Å². The monoisotopic (exact) mass is 350 g/mol. The highest BCUT2D eigenvalue weighted by molar-refractivity contribution is 5.94. The van der Waals surface area contributed by atoms with Crippen LogP contribution in [0.5, 0.6) is 0 Å². The highest BCUT2D eigenvalue weighted by Crippen LogP contribution is 2.23. The molecule has 0 bridgehead atoms. The molecule has 0 spiro atoms. The number of unbranched alkanes of at least 4 members (excludes halogenated alkanes) is 2. The van der Waals surface area contributed by atoms with Gasteiger partial charge in [-0.2, -0.15) is 5.10 Å². The summed E-state index contributed by atoms with van der Waals surface area (Å²) in [5.74, 6) is -0.126. The molecule has 0 radical (unpaired) electrons. The second-order valence-corrected chi connectivity index (χ2v) is 7.51. The van der Waals surface area contributed by atoms with Crippen molar-refractivity contribution in [1.82, 2.24) is 20.0 Å². The van der Waals surface area contributed by atoms with Gasteiger partial charge in [-0.3, -0.25) is 9.48 Å². The van der Waals surface area contributed by atoms with Gasteiger partial charge >= 0.3 is 6.09 Å². The van der Waals surface area contributed by atoms with E-state index in [4.69, 9.17) is 4.74 Å². The average molecular weight is 350 g/mol. The maximum atomic E-state index is 12.6. The summed E-state index contributed by atoms with van der Waals surface area (Å²) < 4.78 is 7.07. The first-order valence-corrected chi connectivity index (χ1v) is 9.03. The first-order valence-electron chi connectivity index (χ1n) is 9.03. The van der Waals surface area contributed by atoms with Gasteiger partial charge in [0, 0.05) is 32.1 Å². The number of ether oxygens (including phenoxy) is 1. The standard InChI is InChI=1S/C18H30N4O3/c1-6-7-8-10-19-16(23)15-13-12-22(17(24)25-18(2,3)4)11-9-14(13)20-21(15)5/h6-12H2,1-5H3,(H,19,23). The Hall–Kier alpha value is -2.05. The molecule has 1 N–H and O–H groups in total. The predicted molar refractivity (Wildman–Crippen MR) is 95.4 cm³/mol. The van der Waals surface area contributed by atoms with Gasteiger partial charge in [-0.15, -0.1) is 0 Å². The summed E-state index contributed by atoms with van der Waals surface area (Å²) in [5.41, 5.74) is 1.72. The summed E-state index contributed by atoms with van der Waals surface area (Å²) in [6, 6.07) is 0. The molecule has 25 heavy (non-hydrogen) atoms. The van der Waals surface area contributed by atoms with E-state index in [2.05, 4.69) is 17.3 Å². The molecule has 0 saturated carbocycles. The minimum absolute atomic E-state index is 0.126. The molecule has 0 unspecified atom stereocenters. The van der Waals surface area contributed by atoms with E-state index >= 15 is 0 Å². The fourth-order valence-corrected chi connectivity index (χ4v) is 2.93. The van der Waals surface area contributed by atoms with Crippen LogP contribution in [0.3, 0.4) is 0 Å². The Morgan fingerprint density at radius 1 is 1.28 bits per heavy atom. The molecule has 2 amide bonds. The van der Waals surface area contributed by atoms with Crippen molar-refractivity contribution in [2.75, 3.05) is 13.1 Å². The maximum absolute atomic E-state index is 12.6. The average Bonchev–Trinajstić information content (AvgIpc) is 2.84. The molecule has 0 saturated heterocycles. The second kappa shape index (κ2) is 7.89. The smallest absolute Gasteiger partial charge is 0.410 e. The van der Waals surface area contributed by atoms with Gasteiger partial charge < -0.3 is 15.0 Å². The molecule has 1 aliphatic heterocycles. The van der Waals surface area contributed by atoms with Gasteiger partial charge in [0.1, 0.15) is 11.3 Å². The molecule has 7 heteroatoms. The van der Waals surface area contributed by atoms with Gasteiger partial charge in [-0.1, -0.05) is 19.8 Å². The van der Waals surface area contributed by atoms with Crippen molar-refractivity contribution < 1.29 is 14.3 Å². The zero-order chi connectivity index (χ0) is 18.6. The molecule has 7 nitrogen and oxygen atoms in total. The van der Waals surface area contributed by atoms with E-state index < -0.39 is 5.60 Å². The number of amides is 2. The number of carbonyl (C=O) groups is 2. The zero-order valence-corrected chi connectivity index (χ0v) is 16.0. The van der Waals surface area contributed by atoms with Gasteiger partial charge in [-0.25, -0.2) is 4.79 Å². The summed E-state index contributed by atoms with van der Waals surface area (Å²) >= 11 is 0. The van der Waals surface area contributed by atoms with Crippen molar-refractivity contribution in [3.63, 3.8) is 0 Å². The molecule has 1 aromatic heterocycles. The highest BCUT2D eigenvalue weighted by Gasteiger charge is 2.31. The quantitative estimate of drug-likeness (QED) is 0.828. The number of carbonyl (C=O) groups excluding carboxylic acids is 2. The summed E-state index contributed by atoms with van der Waals surface area (Å²) in [5, 5.41) is 7.42. The second-order valence-electron chi connectivity index (χ2n) is 7.51. The summed E-state index contributed by atoms with van der Waals surface area (Å²) in [6.07, 6.45) is 3.45. The lowest BCUT2D eigenvalue weighted by molar-refractivity contribution is 0.0222. The van der Waals surface area contributed by atoms with Crippen LogP contribution >= 0.6 is 0 Å². The first-order chi connectivity index (χ1) is 11.7. The Kier molecular flexibility index (Phi) is 6.08. The van der Waals surface area contributed by atoms with Crippen LogP contribution in [-0.2, 0) is 24.8 Å². The molecule has 0 fully saturated rings. The molecular formula is C18H30N4O3. The first kappa shape index (κ1) is 19.3. The Morgan fingerprint density at radius 3 is 2.64 bits per heavy atom. The van der Waals surface area contributed by atoms with Crippen LogP contribution in [0.25, 0.3) is 0 Å². The molecule has 0 atom stereocenters. The van der Waals surface area contributed by atoms with Crippen LogP contribution in [0, 0.1) is 0 Å². The predicted octanol–water partition coefficient (Wildman–Crippen LogP) is 2.63. The van der Waals surface area contributed by atoms with Crippen molar-refractivity contribution in [3.05, 3.63) is 17.0 Å². The van der Waals surface area contributed by atoms with Crippen LogP contribution in [0.15, 0.2) is 0 Å². The lowest BCUT2D eigenvalue weighted by Gasteiger charge is -2.29. The van der Waals surface area contributed by atoms with E-state index in [-0.39, 0.29) is 12.0 Å². The SMILES string of the molecule is CCCCCNC(=O)c1c2c(nn1C)CCN(C(=O)OC(C)(C)C)C2. The van der Waals surface area contributed by atoms with Gasteiger partial charge in [0.05, 0.1) is 12.2 Å². The number of aryl methyl sites for hydroxylation is 1. The lowest BCUT2D eigenvalue weighted by Crippen LogP contribution is -2.40. The van der Waals surface area contributed by atoms with E-state index in [9.17, 15) is 9.59 Å². The molecule has 1 aliphatic rings.